The molecule has 194 valence electrons. The Balaban J connectivity index is 1.31. The summed E-state index contributed by atoms with van der Waals surface area (Å²) in [6.07, 6.45) is 2.91. The van der Waals surface area contributed by atoms with Gasteiger partial charge in [-0.15, -0.1) is 11.3 Å². The largest absolute Gasteiger partial charge is 0.496 e. The van der Waals surface area contributed by atoms with Crippen LogP contribution in [-0.4, -0.2) is 61.2 Å². The number of rotatable bonds is 7. The molecule has 2 amide bonds. The monoisotopic (exact) mass is 520 g/mol. The number of hydrogen-bond donors (Lipinski definition) is 2. The summed E-state index contributed by atoms with van der Waals surface area (Å²) in [5.74, 6) is 0.0552. The normalized spacial score (nSPS) is 18.5. The number of hydrogen-bond acceptors (Lipinski definition) is 7. The second-order valence-corrected chi connectivity index (χ2v) is 10.5. The minimum Gasteiger partial charge on any atom is -0.496 e. The number of carbonyl (C=O) groups excluding carboxylic acids is 2. The molecule has 1 fully saturated rings. The van der Waals surface area contributed by atoms with E-state index in [9.17, 15) is 9.59 Å². The van der Waals surface area contributed by atoms with Crippen molar-refractivity contribution >= 4 is 28.3 Å². The van der Waals surface area contributed by atoms with E-state index >= 15 is 0 Å². The lowest BCUT2D eigenvalue weighted by Gasteiger charge is -2.36. The minimum atomic E-state index is -0.863. The maximum atomic E-state index is 13.5. The average molecular weight is 521 g/mol. The van der Waals surface area contributed by atoms with Crippen molar-refractivity contribution in [3.63, 3.8) is 0 Å². The van der Waals surface area contributed by atoms with Gasteiger partial charge in [0.2, 0.25) is 0 Å². The average Bonchev–Trinajstić information content (AvgIpc) is 3.33. The lowest BCUT2D eigenvalue weighted by atomic mass is 9.96. The number of methoxy groups -OCH3 is 1. The van der Waals surface area contributed by atoms with Crippen LogP contribution in [0.1, 0.15) is 44.5 Å². The van der Waals surface area contributed by atoms with Gasteiger partial charge in [0.15, 0.2) is 5.13 Å². The number of aromatic nitrogens is 1. The molecule has 0 spiro atoms. The van der Waals surface area contributed by atoms with Gasteiger partial charge in [-0.1, -0.05) is 30.3 Å². The first kappa shape index (κ1) is 25.4. The van der Waals surface area contributed by atoms with Gasteiger partial charge < -0.3 is 14.8 Å². The number of morpholine rings is 1. The molecule has 8 nitrogen and oxygen atoms in total. The highest BCUT2D eigenvalue weighted by molar-refractivity contribution is 7.15. The standard InChI is InChI=1S/C28H32N4O4S/c1-18-16-20(8-11-23(18)35-2)26(33)30-25(19-6-4-3-5-7-19)27(34)31-28-29-22-10-9-21(17-24(22)37-28)32-12-14-36-15-13-32/h3-8,11,16,21,25H,9-10,12-15,17H2,1-2H3,(H,30,33)(H,29,31,34)/t21-,25?/m0/s1. The summed E-state index contributed by atoms with van der Waals surface area (Å²) in [6, 6.07) is 14.1. The number of amides is 2. The van der Waals surface area contributed by atoms with E-state index in [4.69, 9.17) is 14.5 Å². The predicted molar refractivity (Wildman–Crippen MR) is 143 cm³/mol. The van der Waals surface area contributed by atoms with Crippen molar-refractivity contribution in [3.05, 3.63) is 75.8 Å². The molecule has 3 aromatic rings. The lowest BCUT2D eigenvalue weighted by Crippen LogP contribution is -2.45. The molecule has 2 aromatic carbocycles. The third-order valence-electron chi connectivity index (χ3n) is 7.03. The van der Waals surface area contributed by atoms with Gasteiger partial charge in [0.1, 0.15) is 11.8 Å². The van der Waals surface area contributed by atoms with Crippen LogP contribution in [0.4, 0.5) is 5.13 Å². The summed E-state index contributed by atoms with van der Waals surface area (Å²) in [6.45, 7) is 5.39. The quantitative estimate of drug-likeness (QED) is 0.493. The molecule has 9 heteroatoms. The van der Waals surface area contributed by atoms with Gasteiger partial charge in [0, 0.05) is 29.6 Å². The molecule has 1 aliphatic heterocycles. The number of fused-ring (bicyclic) bond motifs is 1. The van der Waals surface area contributed by atoms with Crippen LogP contribution < -0.4 is 15.4 Å². The minimum absolute atomic E-state index is 0.319. The zero-order valence-electron chi connectivity index (χ0n) is 21.2. The Bertz CT molecular complexity index is 1260. The molecule has 1 unspecified atom stereocenters. The van der Waals surface area contributed by atoms with Gasteiger partial charge in [-0.3, -0.25) is 19.8 Å². The SMILES string of the molecule is COc1ccc(C(=O)NC(C(=O)Nc2nc3c(s2)C[C@@H](N2CCOCC2)CC3)c2ccccc2)cc1C. The molecule has 1 aliphatic carbocycles. The highest BCUT2D eigenvalue weighted by atomic mass is 32.1. The molecule has 5 rings (SSSR count). The first-order chi connectivity index (χ1) is 18.0. The van der Waals surface area contributed by atoms with Crippen LogP contribution in [0, 0.1) is 6.92 Å². The van der Waals surface area contributed by atoms with Crippen LogP contribution in [-0.2, 0) is 22.4 Å². The van der Waals surface area contributed by atoms with Crippen LogP contribution >= 0.6 is 11.3 Å². The maximum Gasteiger partial charge on any atom is 0.253 e. The van der Waals surface area contributed by atoms with E-state index in [1.807, 2.05) is 37.3 Å². The van der Waals surface area contributed by atoms with Gasteiger partial charge in [0.25, 0.3) is 11.8 Å². The van der Waals surface area contributed by atoms with E-state index < -0.39 is 6.04 Å². The van der Waals surface area contributed by atoms with Crippen molar-refractivity contribution in [2.45, 2.75) is 38.3 Å². The third kappa shape index (κ3) is 5.84. The number of nitrogens with zero attached hydrogens (tertiary/aromatic N) is 2. The third-order valence-corrected chi connectivity index (χ3v) is 8.07. The smallest absolute Gasteiger partial charge is 0.253 e. The van der Waals surface area contributed by atoms with Gasteiger partial charge in [-0.05, 0) is 55.5 Å². The first-order valence-corrected chi connectivity index (χ1v) is 13.4. The number of nitrogens with one attached hydrogen (secondary N) is 2. The number of anilines is 1. The van der Waals surface area contributed by atoms with E-state index in [1.54, 1.807) is 25.3 Å². The van der Waals surface area contributed by atoms with Crippen molar-refractivity contribution in [1.29, 1.82) is 0 Å². The Kier molecular flexibility index (Phi) is 7.83. The fraction of sp³-hybridized carbons (Fsp3) is 0.393. The highest BCUT2D eigenvalue weighted by Gasteiger charge is 2.29. The van der Waals surface area contributed by atoms with Gasteiger partial charge in [0.05, 0.1) is 26.0 Å². The molecule has 0 radical (unpaired) electrons. The van der Waals surface area contributed by atoms with Crippen LogP contribution in [0.25, 0.3) is 0 Å². The van der Waals surface area contributed by atoms with E-state index in [-0.39, 0.29) is 11.8 Å². The molecule has 2 N–H and O–H groups in total. The number of aryl methyl sites for hydroxylation is 2. The summed E-state index contributed by atoms with van der Waals surface area (Å²) >= 11 is 1.54. The van der Waals surface area contributed by atoms with E-state index in [0.29, 0.717) is 28.0 Å². The number of thiazole rings is 1. The van der Waals surface area contributed by atoms with Crippen LogP contribution in [0.3, 0.4) is 0 Å². The molecule has 0 bridgehead atoms. The van der Waals surface area contributed by atoms with Crippen molar-refractivity contribution in [3.8, 4) is 5.75 Å². The van der Waals surface area contributed by atoms with E-state index in [0.717, 1.165) is 56.8 Å². The molecular weight excluding hydrogens is 488 g/mol. The van der Waals surface area contributed by atoms with Gasteiger partial charge >= 0.3 is 0 Å². The Hall–Kier alpha value is -3.27. The Morgan fingerprint density at radius 3 is 2.68 bits per heavy atom. The molecule has 1 saturated heterocycles. The maximum absolute atomic E-state index is 13.5. The number of carbonyl (C=O) groups is 2. The lowest BCUT2D eigenvalue weighted by molar-refractivity contribution is -0.118. The molecule has 2 atom stereocenters. The zero-order chi connectivity index (χ0) is 25.8. The van der Waals surface area contributed by atoms with Crippen molar-refractivity contribution in [1.82, 2.24) is 15.2 Å². The second kappa shape index (κ2) is 11.4. The van der Waals surface area contributed by atoms with E-state index in [2.05, 4.69) is 15.5 Å². The Morgan fingerprint density at radius 2 is 1.95 bits per heavy atom. The molecule has 37 heavy (non-hydrogen) atoms. The van der Waals surface area contributed by atoms with Crippen molar-refractivity contribution < 1.29 is 19.1 Å². The van der Waals surface area contributed by atoms with Crippen LogP contribution in [0.15, 0.2) is 48.5 Å². The summed E-state index contributed by atoms with van der Waals surface area (Å²) in [5, 5.41) is 6.47. The summed E-state index contributed by atoms with van der Waals surface area (Å²) in [4.78, 5) is 35.1. The van der Waals surface area contributed by atoms with Gasteiger partial charge in [-0.2, -0.15) is 0 Å². The predicted octanol–water partition coefficient (Wildman–Crippen LogP) is 3.76. The first-order valence-electron chi connectivity index (χ1n) is 12.6. The summed E-state index contributed by atoms with van der Waals surface area (Å²) in [5.41, 5.74) is 3.08. The molecule has 2 aliphatic rings. The molecule has 0 saturated carbocycles. The van der Waals surface area contributed by atoms with E-state index in [1.165, 1.54) is 16.2 Å². The van der Waals surface area contributed by atoms with Crippen LogP contribution in [0.2, 0.25) is 0 Å². The number of ether oxygens (including phenoxy) is 2. The van der Waals surface area contributed by atoms with Crippen LogP contribution in [0.5, 0.6) is 5.75 Å². The molecule has 1 aromatic heterocycles. The highest BCUT2D eigenvalue weighted by Crippen LogP contribution is 2.32. The second-order valence-electron chi connectivity index (χ2n) is 9.42. The van der Waals surface area contributed by atoms with Crippen molar-refractivity contribution in [2.24, 2.45) is 0 Å². The van der Waals surface area contributed by atoms with Crippen molar-refractivity contribution in [2.75, 3.05) is 38.7 Å². The Morgan fingerprint density at radius 1 is 1.16 bits per heavy atom. The molecule has 2 heterocycles. The van der Waals surface area contributed by atoms with Gasteiger partial charge in [-0.25, -0.2) is 4.98 Å². The zero-order valence-corrected chi connectivity index (χ0v) is 22.0. The summed E-state index contributed by atoms with van der Waals surface area (Å²) in [7, 11) is 1.59. The Labute approximate surface area is 221 Å². The fourth-order valence-corrected chi connectivity index (χ4v) is 6.10. The number of benzene rings is 2. The fourth-order valence-electron chi connectivity index (χ4n) is 5.02. The molecular formula is C28H32N4O4S. The summed E-state index contributed by atoms with van der Waals surface area (Å²) < 4.78 is 10.8. The topological polar surface area (TPSA) is 92.8 Å².